The second-order valence-electron chi connectivity index (χ2n) is 9.13. The minimum absolute atomic E-state index is 0.0474. The number of aryl methyl sites for hydroxylation is 1. The van der Waals surface area contributed by atoms with Crippen molar-refractivity contribution in [3.63, 3.8) is 0 Å². The predicted octanol–water partition coefficient (Wildman–Crippen LogP) is 2.38. The highest BCUT2D eigenvalue weighted by molar-refractivity contribution is 8.00. The number of hydrogen-bond donors (Lipinski definition) is 4. The molecule has 9 nitrogen and oxygen atoms in total. The maximum absolute atomic E-state index is 13.0. The molecule has 2 aliphatic rings. The predicted molar refractivity (Wildman–Crippen MR) is 135 cm³/mol. The summed E-state index contributed by atoms with van der Waals surface area (Å²) >= 11 is 1.48. The molecule has 182 valence electrons. The fourth-order valence-electron chi connectivity index (χ4n) is 4.60. The summed E-state index contributed by atoms with van der Waals surface area (Å²) in [5.41, 5.74) is -0.465. The van der Waals surface area contributed by atoms with Gasteiger partial charge in [0.25, 0.3) is 11.5 Å². The van der Waals surface area contributed by atoms with E-state index in [0.29, 0.717) is 54.9 Å². The highest BCUT2D eigenvalue weighted by atomic mass is 32.2. The zero-order valence-electron chi connectivity index (χ0n) is 19.3. The molecule has 10 heteroatoms. The minimum Gasteiger partial charge on any atom is -0.380 e. The second-order valence-corrected chi connectivity index (χ2v) is 10.1. The maximum atomic E-state index is 13.0. The molecule has 0 spiro atoms. The average molecular weight is 494 g/mol. The Morgan fingerprint density at radius 1 is 1.23 bits per heavy atom. The van der Waals surface area contributed by atoms with Crippen LogP contribution in [0.25, 0.3) is 10.8 Å². The molecule has 35 heavy (non-hydrogen) atoms. The van der Waals surface area contributed by atoms with Crippen molar-refractivity contribution in [3.8, 4) is 0 Å². The number of fused-ring (bicyclic) bond motifs is 2. The molecule has 0 saturated heterocycles. The van der Waals surface area contributed by atoms with Crippen LogP contribution in [0.4, 0.5) is 11.5 Å². The van der Waals surface area contributed by atoms with E-state index in [-0.39, 0.29) is 17.5 Å². The summed E-state index contributed by atoms with van der Waals surface area (Å²) in [6, 6.07) is 11.1. The lowest BCUT2D eigenvalue weighted by atomic mass is 9.81. The van der Waals surface area contributed by atoms with Gasteiger partial charge < -0.3 is 25.6 Å². The fourth-order valence-corrected chi connectivity index (χ4v) is 5.36. The van der Waals surface area contributed by atoms with E-state index in [1.54, 1.807) is 25.4 Å². The van der Waals surface area contributed by atoms with E-state index < -0.39 is 11.5 Å². The smallest absolute Gasteiger partial charge is 0.260 e. The zero-order chi connectivity index (χ0) is 24.6. The molecule has 5 rings (SSSR count). The molecule has 3 heterocycles. The highest BCUT2D eigenvalue weighted by Gasteiger charge is 2.40. The summed E-state index contributed by atoms with van der Waals surface area (Å²) in [5.74, 6) is 0.471. The first-order valence-electron chi connectivity index (χ1n) is 11.6. The van der Waals surface area contributed by atoms with Crippen molar-refractivity contribution < 1.29 is 14.7 Å². The molecule has 3 aromatic rings. The van der Waals surface area contributed by atoms with Crippen LogP contribution in [0.15, 0.2) is 52.3 Å². The number of nitrogens with zero attached hydrogens (tertiary/aromatic N) is 2. The Balaban J connectivity index is 1.20. The van der Waals surface area contributed by atoms with Crippen LogP contribution in [0.3, 0.4) is 0 Å². The number of amides is 2. The maximum Gasteiger partial charge on any atom is 0.260 e. The molecule has 0 radical (unpaired) electrons. The average Bonchev–Trinajstić information content (AvgIpc) is 2.85. The van der Waals surface area contributed by atoms with E-state index in [9.17, 15) is 19.5 Å². The molecule has 0 unspecified atom stereocenters. The van der Waals surface area contributed by atoms with Gasteiger partial charge in [0, 0.05) is 25.8 Å². The molecule has 4 N–H and O–H groups in total. The normalized spacial score (nSPS) is 21.9. The zero-order valence-corrected chi connectivity index (χ0v) is 20.2. The first-order valence-corrected chi connectivity index (χ1v) is 12.6. The van der Waals surface area contributed by atoms with Gasteiger partial charge in [0.1, 0.15) is 11.4 Å². The molecule has 1 saturated carbocycles. The number of aliphatic hydroxyl groups is 1. The second kappa shape index (κ2) is 9.44. The number of rotatable bonds is 5. The Morgan fingerprint density at radius 2 is 2.03 bits per heavy atom. The monoisotopic (exact) mass is 493 g/mol. The van der Waals surface area contributed by atoms with Gasteiger partial charge in [0.2, 0.25) is 5.91 Å². The topological polar surface area (TPSA) is 125 Å². The van der Waals surface area contributed by atoms with Crippen LogP contribution in [-0.2, 0) is 23.2 Å². The van der Waals surface area contributed by atoms with E-state index in [1.165, 1.54) is 16.3 Å². The largest absolute Gasteiger partial charge is 0.380 e. The lowest BCUT2D eigenvalue weighted by Gasteiger charge is -2.35. The van der Waals surface area contributed by atoms with Gasteiger partial charge in [-0.25, -0.2) is 4.98 Å². The Morgan fingerprint density at radius 3 is 2.83 bits per heavy atom. The van der Waals surface area contributed by atoms with Crippen LogP contribution in [0, 0.1) is 0 Å². The molecule has 2 amide bonds. The summed E-state index contributed by atoms with van der Waals surface area (Å²) in [6.45, 7) is 0.530. The molecule has 2 aromatic heterocycles. The number of anilines is 2. The van der Waals surface area contributed by atoms with Crippen LogP contribution < -0.4 is 21.5 Å². The third-order valence-electron chi connectivity index (χ3n) is 6.70. The van der Waals surface area contributed by atoms with E-state index >= 15 is 0 Å². The van der Waals surface area contributed by atoms with Gasteiger partial charge in [-0.2, -0.15) is 0 Å². The Labute approximate surface area is 206 Å². The van der Waals surface area contributed by atoms with Crippen molar-refractivity contribution in [1.82, 2.24) is 14.9 Å². The van der Waals surface area contributed by atoms with Crippen molar-refractivity contribution in [3.05, 3.63) is 58.6 Å². The van der Waals surface area contributed by atoms with Crippen molar-refractivity contribution >= 4 is 45.9 Å². The van der Waals surface area contributed by atoms with Gasteiger partial charge in [0.05, 0.1) is 27.4 Å². The third kappa shape index (κ3) is 4.82. The van der Waals surface area contributed by atoms with E-state index in [1.807, 2.05) is 24.3 Å². The first kappa shape index (κ1) is 23.5. The molecule has 1 aromatic carbocycles. The number of benzene rings is 1. The number of pyridine rings is 2. The summed E-state index contributed by atoms with van der Waals surface area (Å²) < 4.78 is 1.47. The van der Waals surface area contributed by atoms with Gasteiger partial charge in [-0.15, -0.1) is 11.8 Å². The highest BCUT2D eigenvalue weighted by Crippen LogP contribution is 2.32. The molecular weight excluding hydrogens is 466 g/mol. The molecule has 1 fully saturated rings. The van der Waals surface area contributed by atoms with Crippen LogP contribution in [-0.4, -0.2) is 43.9 Å². The van der Waals surface area contributed by atoms with Crippen molar-refractivity contribution in [2.75, 3.05) is 16.4 Å². The lowest BCUT2D eigenvalue weighted by molar-refractivity contribution is -0.137. The van der Waals surface area contributed by atoms with Gasteiger partial charge in [-0.05, 0) is 55.3 Å². The summed E-state index contributed by atoms with van der Waals surface area (Å²) in [6.07, 6.45) is 3.55. The SMILES string of the molecule is Cn1ccc2cccc(NC(=O)C3(O)CCC(NCc4ccc5c(n4)NC(=O)CS5)CC3)c2c1=O. The lowest BCUT2D eigenvalue weighted by Crippen LogP contribution is -2.49. The van der Waals surface area contributed by atoms with E-state index in [4.69, 9.17) is 0 Å². The Hall–Kier alpha value is -3.21. The number of nitrogens with one attached hydrogen (secondary N) is 3. The Kier molecular flexibility index (Phi) is 6.35. The van der Waals surface area contributed by atoms with E-state index in [0.717, 1.165) is 16.0 Å². The van der Waals surface area contributed by atoms with Gasteiger partial charge in [-0.3, -0.25) is 14.4 Å². The van der Waals surface area contributed by atoms with Crippen molar-refractivity contribution in [2.24, 2.45) is 7.05 Å². The van der Waals surface area contributed by atoms with Gasteiger partial charge in [0.15, 0.2) is 0 Å². The third-order valence-corrected chi connectivity index (χ3v) is 7.74. The standard InChI is InChI=1S/C25H27N5O4S/c1-30-12-9-15-3-2-4-18(21(15)23(30)32)28-24(33)25(34)10-7-16(8-11-25)26-13-17-5-6-19-22(27-17)29-20(31)14-35-19/h2-6,9,12,16,26,34H,7-8,10-11,13-14H2,1H3,(H,28,33)(H,27,29,31). The fraction of sp³-hybridized carbons (Fsp3) is 0.360. The molecule has 1 aliphatic carbocycles. The van der Waals surface area contributed by atoms with Gasteiger partial charge in [-0.1, -0.05) is 12.1 Å². The molecule has 0 atom stereocenters. The van der Waals surface area contributed by atoms with Crippen molar-refractivity contribution in [1.29, 1.82) is 0 Å². The summed E-state index contributed by atoms with van der Waals surface area (Å²) in [5, 5.41) is 21.3. The first-order chi connectivity index (χ1) is 16.8. The number of hydrogen-bond acceptors (Lipinski definition) is 7. The summed E-state index contributed by atoms with van der Waals surface area (Å²) in [4.78, 5) is 42.8. The number of thioether (sulfide) groups is 1. The molecule has 1 aliphatic heterocycles. The van der Waals surface area contributed by atoms with Gasteiger partial charge >= 0.3 is 0 Å². The molecular formula is C25H27N5O4S. The van der Waals surface area contributed by atoms with E-state index in [2.05, 4.69) is 20.9 Å². The number of carbonyl (C=O) groups excluding carboxylic acids is 2. The van der Waals surface area contributed by atoms with Crippen LogP contribution >= 0.6 is 11.8 Å². The minimum atomic E-state index is -1.49. The van der Waals surface area contributed by atoms with Crippen LogP contribution in [0.2, 0.25) is 0 Å². The quantitative estimate of drug-likeness (QED) is 0.430. The number of aromatic nitrogens is 2. The molecule has 0 bridgehead atoms. The number of carbonyl (C=O) groups is 2. The Bertz CT molecular complexity index is 1360. The van der Waals surface area contributed by atoms with Crippen LogP contribution in [0.5, 0.6) is 0 Å². The summed E-state index contributed by atoms with van der Waals surface area (Å²) in [7, 11) is 1.66. The van der Waals surface area contributed by atoms with Crippen molar-refractivity contribution in [2.45, 2.75) is 48.8 Å². The van der Waals surface area contributed by atoms with Crippen LogP contribution in [0.1, 0.15) is 31.4 Å².